The van der Waals surface area contributed by atoms with Gasteiger partial charge in [-0.2, -0.15) is 11.8 Å². The van der Waals surface area contributed by atoms with Crippen molar-refractivity contribution in [2.45, 2.75) is 25.3 Å². The predicted molar refractivity (Wildman–Crippen MR) is 69.6 cm³/mol. The summed E-state index contributed by atoms with van der Waals surface area (Å²) < 4.78 is 5.20. The molecule has 1 saturated heterocycles. The first-order valence-electron chi connectivity index (χ1n) is 5.84. The van der Waals surface area contributed by atoms with Crippen molar-refractivity contribution in [2.75, 3.05) is 24.2 Å². The lowest BCUT2D eigenvalue weighted by atomic mass is 10.3. The van der Waals surface area contributed by atoms with Crippen LogP contribution in [0.4, 0.5) is 10.6 Å². The van der Waals surface area contributed by atoms with Crippen molar-refractivity contribution in [1.82, 2.24) is 10.1 Å². The van der Waals surface area contributed by atoms with E-state index >= 15 is 0 Å². The first kappa shape index (κ1) is 13.2. The minimum absolute atomic E-state index is 0.170. The second-order valence-corrected chi connectivity index (χ2v) is 5.32. The lowest BCUT2D eigenvalue weighted by Crippen LogP contribution is -2.35. The third kappa shape index (κ3) is 2.20. The van der Waals surface area contributed by atoms with Gasteiger partial charge in [-0.25, -0.2) is 9.69 Å². The van der Waals surface area contributed by atoms with Crippen LogP contribution in [0.5, 0.6) is 0 Å². The quantitative estimate of drug-likeness (QED) is 0.902. The van der Waals surface area contributed by atoms with E-state index in [9.17, 15) is 9.90 Å². The number of carbonyl (C=O) groups excluding carboxylic acids is 1. The zero-order chi connectivity index (χ0) is 13.3. The maximum Gasteiger partial charge on any atom is 0.328 e. The molecule has 0 radical (unpaired) electrons. The van der Waals surface area contributed by atoms with E-state index in [2.05, 4.69) is 5.16 Å². The standard InChI is InChI=1S/C11H17N3O3S/c1-4-13-6-10(15)14(11(13)16)9-5-8(17-12-9)7(2)18-3/h5,7,10,15H,4,6H2,1-3H3. The summed E-state index contributed by atoms with van der Waals surface area (Å²) in [5.41, 5.74) is 0. The highest BCUT2D eigenvalue weighted by Crippen LogP contribution is 2.30. The number of aromatic nitrogens is 1. The van der Waals surface area contributed by atoms with Crippen molar-refractivity contribution >= 4 is 23.6 Å². The van der Waals surface area contributed by atoms with Gasteiger partial charge in [-0.3, -0.25) is 0 Å². The Morgan fingerprint density at radius 2 is 2.44 bits per heavy atom. The van der Waals surface area contributed by atoms with E-state index in [-0.39, 0.29) is 11.3 Å². The van der Waals surface area contributed by atoms with Gasteiger partial charge < -0.3 is 14.5 Å². The van der Waals surface area contributed by atoms with E-state index in [4.69, 9.17) is 4.52 Å². The average Bonchev–Trinajstić information content (AvgIpc) is 2.93. The molecule has 0 saturated carbocycles. The van der Waals surface area contributed by atoms with E-state index in [1.807, 2.05) is 20.1 Å². The Kier molecular flexibility index (Phi) is 3.82. The molecule has 6 nitrogen and oxygen atoms in total. The van der Waals surface area contributed by atoms with Crippen molar-refractivity contribution in [3.8, 4) is 0 Å². The number of rotatable bonds is 4. The zero-order valence-electron chi connectivity index (χ0n) is 10.7. The highest BCUT2D eigenvalue weighted by Gasteiger charge is 2.38. The van der Waals surface area contributed by atoms with Crippen LogP contribution < -0.4 is 4.90 Å². The number of hydrogen-bond acceptors (Lipinski definition) is 5. The first-order chi connectivity index (χ1) is 8.58. The minimum Gasteiger partial charge on any atom is -0.371 e. The van der Waals surface area contributed by atoms with Gasteiger partial charge >= 0.3 is 6.03 Å². The Morgan fingerprint density at radius 1 is 1.72 bits per heavy atom. The van der Waals surface area contributed by atoms with Crippen molar-refractivity contribution in [3.63, 3.8) is 0 Å². The van der Waals surface area contributed by atoms with Crippen LogP contribution in [0.3, 0.4) is 0 Å². The monoisotopic (exact) mass is 271 g/mol. The van der Waals surface area contributed by atoms with Crippen molar-refractivity contribution in [1.29, 1.82) is 0 Å². The summed E-state index contributed by atoms with van der Waals surface area (Å²) in [6.45, 7) is 4.74. The fourth-order valence-electron chi connectivity index (χ4n) is 1.85. The molecule has 1 aromatic heterocycles. The molecule has 2 heterocycles. The molecular formula is C11H17N3O3S. The molecule has 2 unspecified atom stereocenters. The van der Waals surface area contributed by atoms with Crippen molar-refractivity contribution in [3.05, 3.63) is 11.8 Å². The number of hydrogen-bond donors (Lipinski definition) is 1. The third-order valence-corrected chi connectivity index (χ3v) is 4.00. The summed E-state index contributed by atoms with van der Waals surface area (Å²) in [7, 11) is 0. The van der Waals surface area contributed by atoms with Gasteiger partial charge in [0.15, 0.2) is 17.8 Å². The number of amides is 2. The maximum atomic E-state index is 12.0. The van der Waals surface area contributed by atoms with Crippen molar-refractivity contribution in [2.24, 2.45) is 0 Å². The minimum atomic E-state index is -0.861. The number of nitrogens with zero attached hydrogens (tertiary/aromatic N) is 3. The van der Waals surface area contributed by atoms with Crippen LogP contribution in [0, 0.1) is 0 Å². The molecule has 2 rings (SSSR count). The highest BCUT2D eigenvalue weighted by atomic mass is 32.2. The Bertz CT molecular complexity index is 437. The molecule has 1 aromatic rings. The number of likely N-dealkylation sites (N-methyl/N-ethyl adjacent to an activating group) is 1. The number of carbonyl (C=O) groups is 1. The Labute approximate surface area is 110 Å². The number of aliphatic hydroxyl groups is 1. The van der Waals surface area contributed by atoms with Crippen molar-refractivity contribution < 1.29 is 14.4 Å². The summed E-state index contributed by atoms with van der Waals surface area (Å²) in [4.78, 5) is 14.8. The number of urea groups is 1. The molecule has 1 fully saturated rings. The molecule has 2 amide bonds. The SMILES string of the molecule is CCN1CC(O)N(c2cc(C(C)SC)on2)C1=O. The fraction of sp³-hybridized carbons (Fsp3) is 0.636. The Balaban J connectivity index is 2.21. The highest BCUT2D eigenvalue weighted by molar-refractivity contribution is 7.98. The predicted octanol–water partition coefficient (Wildman–Crippen LogP) is 1.68. The Hall–Kier alpha value is -1.21. The molecule has 0 spiro atoms. The van der Waals surface area contributed by atoms with Crippen LogP contribution in [-0.4, -0.2) is 46.8 Å². The summed E-state index contributed by atoms with van der Waals surface area (Å²) in [6, 6.07) is 1.48. The van der Waals surface area contributed by atoms with E-state index in [1.54, 1.807) is 22.7 Å². The molecule has 1 N–H and O–H groups in total. The summed E-state index contributed by atoms with van der Waals surface area (Å²) in [5.74, 6) is 1.08. The van der Waals surface area contributed by atoms with E-state index in [0.29, 0.717) is 24.7 Å². The summed E-state index contributed by atoms with van der Waals surface area (Å²) >= 11 is 1.63. The lowest BCUT2D eigenvalue weighted by molar-refractivity contribution is 0.177. The summed E-state index contributed by atoms with van der Waals surface area (Å²) in [6.07, 6.45) is 1.11. The van der Waals surface area contributed by atoms with Crippen LogP contribution in [0.15, 0.2) is 10.6 Å². The van der Waals surface area contributed by atoms with E-state index in [1.165, 1.54) is 4.90 Å². The van der Waals surface area contributed by atoms with Gasteiger partial charge in [-0.05, 0) is 20.1 Å². The Morgan fingerprint density at radius 3 is 3.00 bits per heavy atom. The molecule has 2 atom stereocenters. The van der Waals surface area contributed by atoms with E-state index in [0.717, 1.165) is 0 Å². The molecule has 0 aliphatic carbocycles. The molecule has 0 bridgehead atoms. The van der Waals surface area contributed by atoms with E-state index < -0.39 is 6.23 Å². The molecule has 1 aliphatic rings. The number of thioether (sulfide) groups is 1. The molecule has 18 heavy (non-hydrogen) atoms. The molecular weight excluding hydrogens is 254 g/mol. The van der Waals surface area contributed by atoms with Crippen LogP contribution in [0.25, 0.3) is 0 Å². The zero-order valence-corrected chi connectivity index (χ0v) is 11.5. The van der Waals surface area contributed by atoms with Crippen LogP contribution in [0.2, 0.25) is 0 Å². The average molecular weight is 271 g/mol. The molecule has 7 heteroatoms. The second kappa shape index (κ2) is 5.19. The van der Waals surface area contributed by atoms with Gasteiger partial charge in [-0.15, -0.1) is 0 Å². The number of β-amino-alcohol motifs (C(OH)–C–C–N with tert-alkyl or cyclic N) is 1. The van der Waals surface area contributed by atoms with Crippen LogP contribution in [-0.2, 0) is 0 Å². The van der Waals surface area contributed by atoms with Crippen LogP contribution in [0.1, 0.15) is 24.9 Å². The topological polar surface area (TPSA) is 69.8 Å². The van der Waals surface area contributed by atoms with Gasteiger partial charge in [0.1, 0.15) is 0 Å². The molecule has 0 aromatic carbocycles. The second-order valence-electron chi connectivity index (χ2n) is 4.14. The maximum absolute atomic E-state index is 12.0. The molecule has 1 aliphatic heterocycles. The fourth-order valence-corrected chi connectivity index (χ4v) is 2.20. The van der Waals surface area contributed by atoms with Gasteiger partial charge in [0.2, 0.25) is 0 Å². The summed E-state index contributed by atoms with van der Waals surface area (Å²) in [5, 5.41) is 13.9. The lowest BCUT2D eigenvalue weighted by Gasteiger charge is -2.15. The normalized spacial score (nSPS) is 21.8. The van der Waals surface area contributed by atoms with Crippen LogP contribution >= 0.6 is 11.8 Å². The number of aliphatic hydroxyl groups excluding tert-OH is 1. The first-order valence-corrected chi connectivity index (χ1v) is 7.12. The van der Waals surface area contributed by atoms with Gasteiger partial charge in [0, 0.05) is 12.6 Å². The number of anilines is 1. The largest absolute Gasteiger partial charge is 0.371 e. The molecule has 100 valence electrons. The smallest absolute Gasteiger partial charge is 0.328 e. The third-order valence-electron chi connectivity index (χ3n) is 3.06. The van der Waals surface area contributed by atoms with Gasteiger partial charge in [0.05, 0.1) is 11.8 Å². The van der Waals surface area contributed by atoms with Gasteiger partial charge in [-0.1, -0.05) is 5.16 Å². The van der Waals surface area contributed by atoms with Gasteiger partial charge in [0.25, 0.3) is 0 Å².